The number of hydrogen-bond acceptors (Lipinski definition) is 4. The zero-order valence-electron chi connectivity index (χ0n) is 12.0. The van der Waals surface area contributed by atoms with Gasteiger partial charge < -0.3 is 14.2 Å². The van der Waals surface area contributed by atoms with Crippen LogP contribution in [0.3, 0.4) is 0 Å². The van der Waals surface area contributed by atoms with Crippen molar-refractivity contribution < 1.29 is 9.53 Å². The minimum absolute atomic E-state index is 0.176. The molecule has 3 heterocycles. The van der Waals surface area contributed by atoms with Gasteiger partial charge in [0.05, 0.1) is 0 Å². The summed E-state index contributed by atoms with van der Waals surface area (Å²) in [7, 11) is 1.98. The van der Waals surface area contributed by atoms with Crippen molar-refractivity contribution in [1.82, 2.24) is 19.7 Å². The number of hydrogen-bond donors (Lipinski definition) is 0. The average Bonchev–Trinajstić information content (AvgIpc) is 3.12. The second-order valence-corrected chi connectivity index (χ2v) is 5.83. The van der Waals surface area contributed by atoms with Crippen molar-refractivity contribution in [3.05, 3.63) is 12.2 Å². The van der Waals surface area contributed by atoms with E-state index >= 15 is 0 Å². The van der Waals surface area contributed by atoms with Crippen LogP contribution >= 0.6 is 0 Å². The van der Waals surface area contributed by atoms with Gasteiger partial charge in [-0.2, -0.15) is 0 Å². The Kier molecular flexibility index (Phi) is 4.00. The maximum atomic E-state index is 12.3. The van der Waals surface area contributed by atoms with Gasteiger partial charge in [0.1, 0.15) is 18.3 Å². The molecule has 0 unspecified atom stereocenters. The van der Waals surface area contributed by atoms with Crippen LogP contribution < -0.4 is 0 Å². The van der Waals surface area contributed by atoms with E-state index in [0.717, 1.165) is 57.6 Å². The molecule has 6 nitrogen and oxygen atoms in total. The smallest absolute Gasteiger partial charge is 0.251 e. The van der Waals surface area contributed by atoms with E-state index in [0.29, 0.717) is 5.92 Å². The van der Waals surface area contributed by atoms with Gasteiger partial charge in [0.25, 0.3) is 5.91 Å². The van der Waals surface area contributed by atoms with E-state index in [4.69, 9.17) is 4.74 Å². The molecular formula is C14H22N4O2. The number of nitrogens with zero attached hydrogens (tertiary/aromatic N) is 4. The number of piperidine rings is 1. The Balaban J connectivity index is 1.49. The van der Waals surface area contributed by atoms with Gasteiger partial charge in [-0.05, 0) is 31.6 Å². The lowest BCUT2D eigenvalue weighted by Crippen LogP contribution is -2.44. The highest BCUT2D eigenvalue weighted by molar-refractivity contribution is 5.81. The molecular weight excluding hydrogens is 256 g/mol. The van der Waals surface area contributed by atoms with E-state index in [9.17, 15) is 4.79 Å². The number of carbonyl (C=O) groups is 1. The van der Waals surface area contributed by atoms with Gasteiger partial charge in [-0.15, -0.1) is 10.2 Å². The molecule has 20 heavy (non-hydrogen) atoms. The lowest BCUT2D eigenvalue weighted by atomic mass is 9.93. The maximum Gasteiger partial charge on any atom is 0.251 e. The molecule has 0 radical (unpaired) electrons. The number of aryl methyl sites for hydroxylation is 1. The Bertz CT molecular complexity index is 459. The van der Waals surface area contributed by atoms with Crippen LogP contribution in [0.15, 0.2) is 6.33 Å². The number of carbonyl (C=O) groups excluding carboxylic acids is 1. The molecule has 1 amide bonds. The number of rotatable bonds is 3. The van der Waals surface area contributed by atoms with Gasteiger partial charge >= 0.3 is 0 Å². The fraction of sp³-hybridized carbons (Fsp3) is 0.786. The standard InChI is InChI=1S/C14H22N4O2/c1-17-10-15-16-13(17)9-11-4-6-18(7-5-11)14(19)12-3-2-8-20-12/h10-12H,2-9H2,1H3/t12-/m0/s1. The third-order valence-electron chi connectivity index (χ3n) is 4.41. The van der Waals surface area contributed by atoms with Crippen molar-refractivity contribution in [2.24, 2.45) is 13.0 Å². The summed E-state index contributed by atoms with van der Waals surface area (Å²) < 4.78 is 7.46. The van der Waals surface area contributed by atoms with Crippen molar-refractivity contribution >= 4 is 5.91 Å². The summed E-state index contributed by atoms with van der Waals surface area (Å²) in [5.41, 5.74) is 0. The summed E-state index contributed by atoms with van der Waals surface area (Å²) in [6.45, 7) is 2.43. The Labute approximate surface area is 119 Å². The Morgan fingerprint density at radius 3 is 2.80 bits per heavy atom. The van der Waals surface area contributed by atoms with Crippen LogP contribution in [0.4, 0.5) is 0 Å². The monoisotopic (exact) mass is 278 g/mol. The van der Waals surface area contributed by atoms with Gasteiger partial charge in [-0.3, -0.25) is 4.79 Å². The van der Waals surface area contributed by atoms with Crippen LogP contribution in [-0.4, -0.2) is 51.4 Å². The number of aromatic nitrogens is 3. The van der Waals surface area contributed by atoms with Crippen molar-refractivity contribution in [3.8, 4) is 0 Å². The molecule has 1 atom stereocenters. The predicted octanol–water partition coefficient (Wildman–Crippen LogP) is 0.775. The Morgan fingerprint density at radius 1 is 1.40 bits per heavy atom. The quantitative estimate of drug-likeness (QED) is 0.819. The van der Waals surface area contributed by atoms with E-state index in [1.165, 1.54) is 0 Å². The van der Waals surface area contributed by atoms with Crippen LogP contribution in [0.2, 0.25) is 0 Å². The molecule has 2 fully saturated rings. The number of likely N-dealkylation sites (tertiary alicyclic amines) is 1. The molecule has 0 saturated carbocycles. The fourth-order valence-corrected chi connectivity index (χ4v) is 3.08. The largest absolute Gasteiger partial charge is 0.368 e. The molecule has 3 rings (SSSR count). The van der Waals surface area contributed by atoms with E-state index in [-0.39, 0.29) is 12.0 Å². The van der Waals surface area contributed by atoms with Crippen molar-refractivity contribution in [2.45, 2.75) is 38.2 Å². The molecule has 0 bridgehead atoms. The van der Waals surface area contributed by atoms with Crippen LogP contribution in [0, 0.1) is 5.92 Å². The first kappa shape index (κ1) is 13.5. The van der Waals surface area contributed by atoms with Gasteiger partial charge in [-0.25, -0.2) is 0 Å². The fourth-order valence-electron chi connectivity index (χ4n) is 3.08. The topological polar surface area (TPSA) is 60.2 Å². The highest BCUT2D eigenvalue weighted by Gasteiger charge is 2.31. The molecule has 2 saturated heterocycles. The van der Waals surface area contributed by atoms with Crippen LogP contribution in [0.25, 0.3) is 0 Å². The normalized spacial score (nSPS) is 24.2. The first-order chi connectivity index (χ1) is 9.74. The van der Waals surface area contributed by atoms with Gasteiger partial charge in [0.2, 0.25) is 0 Å². The van der Waals surface area contributed by atoms with Gasteiger partial charge in [0.15, 0.2) is 0 Å². The molecule has 0 aromatic carbocycles. The summed E-state index contributed by atoms with van der Waals surface area (Å²) in [4.78, 5) is 14.2. The molecule has 0 spiro atoms. The van der Waals surface area contributed by atoms with Crippen molar-refractivity contribution in [1.29, 1.82) is 0 Å². The van der Waals surface area contributed by atoms with Crippen LogP contribution in [-0.2, 0) is 23.0 Å². The molecule has 0 N–H and O–H groups in total. The van der Waals surface area contributed by atoms with E-state index in [1.54, 1.807) is 6.33 Å². The first-order valence-electron chi connectivity index (χ1n) is 7.47. The van der Waals surface area contributed by atoms with Crippen LogP contribution in [0.5, 0.6) is 0 Å². The molecule has 1 aromatic heterocycles. The zero-order chi connectivity index (χ0) is 13.9. The second kappa shape index (κ2) is 5.91. The summed E-state index contributed by atoms with van der Waals surface area (Å²) in [5.74, 6) is 1.83. The maximum absolute atomic E-state index is 12.3. The van der Waals surface area contributed by atoms with Crippen molar-refractivity contribution in [2.75, 3.05) is 19.7 Å². The minimum atomic E-state index is -0.176. The average molecular weight is 278 g/mol. The summed E-state index contributed by atoms with van der Waals surface area (Å²) in [6.07, 6.45) is 6.52. The Hall–Kier alpha value is -1.43. The summed E-state index contributed by atoms with van der Waals surface area (Å²) >= 11 is 0. The molecule has 110 valence electrons. The summed E-state index contributed by atoms with van der Waals surface area (Å²) in [6, 6.07) is 0. The number of ether oxygens (including phenoxy) is 1. The van der Waals surface area contributed by atoms with Crippen molar-refractivity contribution in [3.63, 3.8) is 0 Å². The molecule has 1 aromatic rings. The molecule has 6 heteroatoms. The molecule has 2 aliphatic rings. The predicted molar refractivity (Wildman–Crippen MR) is 73.0 cm³/mol. The third kappa shape index (κ3) is 2.85. The SMILES string of the molecule is Cn1cnnc1CC1CCN(C(=O)[C@@H]2CCCO2)CC1. The third-order valence-corrected chi connectivity index (χ3v) is 4.41. The first-order valence-corrected chi connectivity index (χ1v) is 7.47. The molecule has 0 aliphatic carbocycles. The molecule has 2 aliphatic heterocycles. The second-order valence-electron chi connectivity index (χ2n) is 5.83. The highest BCUT2D eigenvalue weighted by atomic mass is 16.5. The number of amides is 1. The lowest BCUT2D eigenvalue weighted by Gasteiger charge is -2.33. The summed E-state index contributed by atoms with van der Waals surface area (Å²) in [5, 5.41) is 8.05. The minimum Gasteiger partial charge on any atom is -0.368 e. The van der Waals surface area contributed by atoms with Crippen LogP contribution in [0.1, 0.15) is 31.5 Å². The zero-order valence-corrected chi connectivity index (χ0v) is 12.0. The van der Waals surface area contributed by atoms with E-state index < -0.39 is 0 Å². The highest BCUT2D eigenvalue weighted by Crippen LogP contribution is 2.23. The van der Waals surface area contributed by atoms with Gasteiger partial charge in [-0.1, -0.05) is 0 Å². The van der Waals surface area contributed by atoms with Gasteiger partial charge in [0, 0.05) is 33.2 Å². The van der Waals surface area contributed by atoms with E-state index in [2.05, 4.69) is 10.2 Å². The lowest BCUT2D eigenvalue weighted by molar-refractivity contribution is -0.142. The Morgan fingerprint density at radius 2 is 2.20 bits per heavy atom. The van der Waals surface area contributed by atoms with E-state index in [1.807, 2.05) is 16.5 Å².